The average molecular weight is 723 g/mol. The topological polar surface area (TPSA) is 76.1 Å². The summed E-state index contributed by atoms with van der Waals surface area (Å²) in [5.41, 5.74) is 0. The number of esters is 2. The summed E-state index contributed by atoms with van der Waals surface area (Å²) in [5, 5.41) is 0. The van der Waals surface area contributed by atoms with Crippen molar-refractivity contribution in [3.05, 3.63) is 6.92 Å². The monoisotopic (exact) mass is 723 g/mol. The second-order valence-electron chi connectivity index (χ2n) is 13.2. The quantitative estimate of drug-likeness (QED) is 0.0291. The molecule has 0 heterocycles. The fourth-order valence-corrected chi connectivity index (χ4v) is 6.41. The number of ether oxygens (including phenoxy) is 2. The number of carbonyl (C=O) groups is 3. The zero-order chi connectivity index (χ0) is 35.9. The largest absolute Gasteiger partial charge is 1.00 e. The molecule has 0 rings (SSSR count). The van der Waals surface area contributed by atoms with E-state index in [4.69, 9.17) is 9.47 Å². The van der Waals surface area contributed by atoms with Crippen molar-refractivity contribution < 1.29 is 53.4 Å². The molecule has 0 atom stereocenters. The van der Waals surface area contributed by atoms with E-state index in [1.165, 1.54) is 116 Å². The van der Waals surface area contributed by atoms with E-state index >= 15 is 0 Å². The van der Waals surface area contributed by atoms with Gasteiger partial charge in [-0.15, -0.1) is 0 Å². The van der Waals surface area contributed by atoms with Crippen molar-refractivity contribution in [1.29, 1.82) is 0 Å². The van der Waals surface area contributed by atoms with Gasteiger partial charge in [0.2, 0.25) is 5.91 Å². The Bertz CT molecular complexity index is 670. The van der Waals surface area contributed by atoms with Crippen LogP contribution in [0.15, 0.2) is 0 Å². The van der Waals surface area contributed by atoms with Crippen LogP contribution in [-0.2, 0) is 23.9 Å². The van der Waals surface area contributed by atoms with E-state index in [1.807, 2.05) is 14.1 Å². The third-order valence-electron chi connectivity index (χ3n) is 8.48. The predicted molar refractivity (Wildman–Crippen MR) is 208 cm³/mol. The fraction of sp³-hybridized carbons (Fsp3) is 0.900. The minimum atomic E-state index is -0.193. The van der Waals surface area contributed by atoms with Gasteiger partial charge in [0, 0.05) is 25.1 Å². The molecule has 0 aromatic rings. The number of rotatable bonds is 35. The molecule has 0 aliphatic carbocycles. The van der Waals surface area contributed by atoms with E-state index in [1.54, 1.807) is 23.6 Å². The molecule has 0 N–H and O–H groups in total. The molecule has 1 amide bonds. The van der Waals surface area contributed by atoms with Crippen LogP contribution in [0.5, 0.6) is 0 Å². The van der Waals surface area contributed by atoms with Crippen LogP contribution in [-0.4, -0.2) is 86.1 Å². The molecule has 0 unspecified atom stereocenters. The van der Waals surface area contributed by atoms with Gasteiger partial charge in [-0.05, 0) is 26.9 Å². The number of hydrogen-bond donors (Lipinski definition) is 0. The van der Waals surface area contributed by atoms with E-state index < -0.39 is 0 Å². The van der Waals surface area contributed by atoms with Crippen LogP contribution in [0.2, 0.25) is 0 Å². The molecule has 0 saturated carbocycles. The molecular formula is C40H79N2NaO5S. The van der Waals surface area contributed by atoms with E-state index in [0.29, 0.717) is 31.7 Å². The van der Waals surface area contributed by atoms with Crippen molar-refractivity contribution in [1.82, 2.24) is 9.80 Å². The molecule has 0 aromatic heterocycles. The molecule has 0 fully saturated rings. The molecule has 0 bridgehead atoms. The Morgan fingerprint density at radius 1 is 0.531 bits per heavy atom. The molecule has 286 valence electrons. The first-order chi connectivity index (χ1) is 23.4. The Labute approximate surface area is 331 Å². The molecule has 0 saturated heterocycles. The van der Waals surface area contributed by atoms with Crippen LogP contribution in [0.25, 0.3) is 0 Å². The minimum absolute atomic E-state index is 0. The van der Waals surface area contributed by atoms with Crippen LogP contribution < -0.4 is 29.6 Å². The van der Waals surface area contributed by atoms with Gasteiger partial charge in [-0.3, -0.25) is 14.4 Å². The third-order valence-corrected chi connectivity index (χ3v) is 9.40. The van der Waals surface area contributed by atoms with E-state index in [-0.39, 0.29) is 60.6 Å². The summed E-state index contributed by atoms with van der Waals surface area (Å²) in [5.74, 6) is 0.845. The van der Waals surface area contributed by atoms with Crippen molar-refractivity contribution in [2.75, 3.05) is 58.4 Å². The molecule has 0 spiro atoms. The van der Waals surface area contributed by atoms with Crippen molar-refractivity contribution in [3.8, 4) is 0 Å². The summed E-state index contributed by atoms with van der Waals surface area (Å²) in [4.78, 5) is 41.2. The van der Waals surface area contributed by atoms with E-state index in [9.17, 15) is 14.4 Å². The summed E-state index contributed by atoms with van der Waals surface area (Å²) < 4.78 is 10.9. The Morgan fingerprint density at radius 3 is 1.18 bits per heavy atom. The van der Waals surface area contributed by atoms with Crippen molar-refractivity contribution >= 4 is 29.6 Å². The molecule has 0 radical (unpaired) electrons. The van der Waals surface area contributed by atoms with Crippen molar-refractivity contribution in [3.63, 3.8) is 0 Å². The van der Waals surface area contributed by atoms with Crippen LogP contribution in [0.4, 0.5) is 0 Å². The summed E-state index contributed by atoms with van der Waals surface area (Å²) in [6, 6.07) is 0. The van der Waals surface area contributed by atoms with Crippen LogP contribution >= 0.6 is 11.8 Å². The van der Waals surface area contributed by atoms with Gasteiger partial charge in [0.05, 0.1) is 18.8 Å². The molecule has 0 aliphatic rings. The number of unbranched alkanes of at least 4 members (excludes halogenated alkanes) is 20. The van der Waals surface area contributed by atoms with Crippen LogP contribution in [0, 0.1) is 6.92 Å². The van der Waals surface area contributed by atoms with E-state index in [0.717, 1.165) is 38.0 Å². The summed E-state index contributed by atoms with van der Waals surface area (Å²) >= 11 is 1.60. The Kier molecular flexibility index (Phi) is 47.5. The summed E-state index contributed by atoms with van der Waals surface area (Å²) in [6.45, 7) is 11.4. The first-order valence-electron chi connectivity index (χ1n) is 19.9. The minimum Gasteiger partial charge on any atom is -0.464 e. The van der Waals surface area contributed by atoms with Crippen LogP contribution in [0.3, 0.4) is 0 Å². The van der Waals surface area contributed by atoms with Gasteiger partial charge in [-0.25, -0.2) is 0 Å². The second kappa shape index (κ2) is 43.9. The Balaban J connectivity index is -0.00000691. The zero-order valence-corrected chi connectivity index (χ0v) is 36.3. The smallest absolute Gasteiger partial charge is 0.464 e. The molecule has 49 heavy (non-hydrogen) atoms. The van der Waals surface area contributed by atoms with Gasteiger partial charge in [0.15, 0.2) is 0 Å². The number of amides is 1. The van der Waals surface area contributed by atoms with Gasteiger partial charge in [-0.2, -0.15) is 18.7 Å². The summed E-state index contributed by atoms with van der Waals surface area (Å²) in [6.07, 6.45) is 28.3. The SMILES string of the molecule is CCCCCCCCCCCCCC(=O)OCCN(CCOC(=O)CCCCCCCCCCCCC)C(=O)CSCCN(C)C.[CH2-]C.[Na+]. The predicted octanol–water partition coefficient (Wildman–Crippen LogP) is 7.44. The van der Waals surface area contributed by atoms with Crippen molar-refractivity contribution in [2.45, 2.75) is 175 Å². The fourth-order valence-electron chi connectivity index (χ4n) is 5.41. The first-order valence-corrected chi connectivity index (χ1v) is 21.1. The van der Waals surface area contributed by atoms with Crippen molar-refractivity contribution in [2.24, 2.45) is 0 Å². The number of thioether (sulfide) groups is 1. The Morgan fingerprint density at radius 2 is 0.857 bits per heavy atom. The van der Waals surface area contributed by atoms with Gasteiger partial charge in [0.25, 0.3) is 0 Å². The molecule has 0 aliphatic heterocycles. The number of nitrogens with zero attached hydrogens (tertiary/aromatic N) is 2. The molecule has 0 aromatic carbocycles. The number of hydrogen-bond acceptors (Lipinski definition) is 7. The maximum atomic E-state index is 12.9. The van der Waals surface area contributed by atoms with Crippen LogP contribution in [0.1, 0.15) is 175 Å². The van der Waals surface area contributed by atoms with Gasteiger partial charge < -0.3 is 26.2 Å². The van der Waals surface area contributed by atoms with Gasteiger partial charge >= 0.3 is 41.5 Å². The molecule has 9 heteroatoms. The standard InChI is InChI=1S/C38H74N2O5S.C2H5.Na/c1-5-7-9-11-13-15-17-19-21-23-25-27-37(42)44-32-29-40(36(41)35-46-34-31-39(3)4)30-33-45-38(43)28-26-24-22-20-18-16-14-12-10-8-6-2;1-2;/h5-35H2,1-4H3;1H2,2H3;/q;-1;+1. The van der Waals surface area contributed by atoms with Gasteiger partial charge in [-0.1, -0.05) is 142 Å². The first kappa shape index (κ1) is 53.1. The third kappa shape index (κ3) is 42.0. The Hall–Kier alpha value is -0.280. The maximum Gasteiger partial charge on any atom is 1.00 e. The molecule has 7 nitrogen and oxygen atoms in total. The maximum absolute atomic E-state index is 12.9. The number of carbonyl (C=O) groups excluding carboxylic acids is 3. The van der Waals surface area contributed by atoms with Gasteiger partial charge in [0.1, 0.15) is 13.2 Å². The average Bonchev–Trinajstić information content (AvgIpc) is 3.08. The summed E-state index contributed by atoms with van der Waals surface area (Å²) in [7, 11) is 4.04. The zero-order valence-electron chi connectivity index (χ0n) is 33.5. The molecular weight excluding hydrogens is 644 g/mol. The second-order valence-corrected chi connectivity index (χ2v) is 14.4. The van der Waals surface area contributed by atoms with E-state index in [2.05, 4.69) is 25.7 Å². The normalized spacial score (nSPS) is 10.7.